The highest BCUT2D eigenvalue weighted by atomic mass is 19.4. The maximum atomic E-state index is 13.6. The van der Waals surface area contributed by atoms with E-state index in [4.69, 9.17) is 0 Å². The average molecular weight is 432 g/mol. The summed E-state index contributed by atoms with van der Waals surface area (Å²) >= 11 is 0. The number of halogens is 6. The smallest absolute Gasteiger partial charge is 0.405 e. The van der Waals surface area contributed by atoms with Gasteiger partial charge in [0.15, 0.2) is 0 Å². The normalized spacial score (nSPS) is 19.6. The summed E-state index contributed by atoms with van der Waals surface area (Å²) in [5, 5.41) is 13.7. The molecule has 0 aromatic heterocycles. The van der Waals surface area contributed by atoms with Gasteiger partial charge in [0.2, 0.25) is 5.91 Å². The van der Waals surface area contributed by atoms with Gasteiger partial charge >= 0.3 is 12.5 Å². The van der Waals surface area contributed by atoms with E-state index in [0.29, 0.717) is 5.56 Å². The van der Waals surface area contributed by atoms with Gasteiger partial charge in [0.1, 0.15) is 5.75 Å². The van der Waals surface area contributed by atoms with Crippen LogP contribution in [0.3, 0.4) is 0 Å². The number of rotatable bonds is 4. The molecule has 0 radical (unpaired) electrons. The second kappa shape index (κ2) is 7.63. The lowest BCUT2D eigenvalue weighted by molar-refractivity contribution is -0.302. The van der Waals surface area contributed by atoms with Crippen molar-refractivity contribution < 1.29 is 41.0 Å². The van der Waals surface area contributed by atoms with E-state index in [-0.39, 0.29) is 5.01 Å². The minimum absolute atomic E-state index is 0.125. The first kappa shape index (κ1) is 21.6. The Hall–Kier alpha value is -3.08. The van der Waals surface area contributed by atoms with Crippen LogP contribution in [-0.4, -0.2) is 40.0 Å². The van der Waals surface area contributed by atoms with E-state index >= 15 is 0 Å². The molecule has 1 unspecified atom stereocenters. The Labute approximate surface area is 166 Å². The Bertz CT molecular complexity index is 959. The molecule has 3 rings (SSSR count). The minimum Gasteiger partial charge on any atom is -0.405 e. The van der Waals surface area contributed by atoms with Crippen molar-refractivity contribution in [2.75, 3.05) is 0 Å². The molecule has 0 aliphatic carbocycles. The number of carbonyl (C=O) groups excluding carboxylic acids is 1. The minimum atomic E-state index is -5.32. The Morgan fingerprint density at radius 3 is 2.23 bits per heavy atom. The van der Waals surface area contributed by atoms with Gasteiger partial charge < -0.3 is 9.84 Å². The van der Waals surface area contributed by atoms with Crippen LogP contribution in [0.15, 0.2) is 59.7 Å². The summed E-state index contributed by atoms with van der Waals surface area (Å²) in [4.78, 5) is 12.5. The number of ether oxygens (including phenoxy) is 1. The number of hydrazone groups is 1. The van der Waals surface area contributed by atoms with Crippen LogP contribution in [0.25, 0.3) is 0 Å². The highest BCUT2D eigenvalue weighted by Crippen LogP contribution is 2.42. The lowest BCUT2D eigenvalue weighted by atomic mass is 10.00. The van der Waals surface area contributed by atoms with Gasteiger partial charge in [-0.05, 0) is 17.7 Å². The number of hydrogen-bond donors (Lipinski definition) is 1. The van der Waals surface area contributed by atoms with Crippen molar-refractivity contribution in [2.24, 2.45) is 5.10 Å². The molecular formula is C19H14F6N2O3. The third-order valence-corrected chi connectivity index (χ3v) is 4.30. The van der Waals surface area contributed by atoms with Crippen LogP contribution in [0.1, 0.15) is 17.5 Å². The van der Waals surface area contributed by atoms with Crippen LogP contribution in [-0.2, 0) is 11.2 Å². The molecule has 30 heavy (non-hydrogen) atoms. The third kappa shape index (κ3) is 4.40. The van der Waals surface area contributed by atoms with Crippen molar-refractivity contribution in [3.63, 3.8) is 0 Å². The summed E-state index contributed by atoms with van der Waals surface area (Å²) in [7, 11) is 0. The van der Waals surface area contributed by atoms with E-state index in [1.165, 1.54) is 24.3 Å². The molecular weight excluding hydrogens is 418 g/mol. The van der Waals surface area contributed by atoms with Gasteiger partial charge in [-0.15, -0.1) is 13.2 Å². The van der Waals surface area contributed by atoms with E-state index in [2.05, 4.69) is 9.84 Å². The number of nitrogens with zero attached hydrogens (tertiary/aromatic N) is 2. The standard InChI is InChI=1S/C19H14F6N2O3/c20-18(21,22)17(29)11-14(13-8-4-5-9-15(13)30-19(23,24)25)26-27(17)16(28)10-12-6-2-1-3-7-12/h1-9,29H,10-11H2. The van der Waals surface area contributed by atoms with Gasteiger partial charge in [0, 0.05) is 5.56 Å². The summed E-state index contributed by atoms with van der Waals surface area (Å²) < 4.78 is 82.6. The maximum absolute atomic E-state index is 13.6. The van der Waals surface area contributed by atoms with Crippen LogP contribution in [0.2, 0.25) is 0 Å². The van der Waals surface area contributed by atoms with Crippen molar-refractivity contribution in [1.82, 2.24) is 5.01 Å². The summed E-state index contributed by atoms with van der Waals surface area (Å²) in [6.45, 7) is 0. The first-order valence-corrected chi connectivity index (χ1v) is 8.49. The molecule has 1 atom stereocenters. The zero-order valence-electron chi connectivity index (χ0n) is 15.0. The van der Waals surface area contributed by atoms with Gasteiger partial charge in [-0.2, -0.15) is 23.3 Å². The molecule has 160 valence electrons. The van der Waals surface area contributed by atoms with E-state index in [9.17, 15) is 36.2 Å². The molecule has 0 bridgehead atoms. The summed E-state index contributed by atoms with van der Waals surface area (Å²) in [5.74, 6) is -1.98. The van der Waals surface area contributed by atoms with Crippen molar-refractivity contribution in [3.05, 3.63) is 65.7 Å². The van der Waals surface area contributed by atoms with Gasteiger partial charge in [-0.3, -0.25) is 4.79 Å². The number of aliphatic hydroxyl groups is 1. The molecule has 5 nitrogen and oxygen atoms in total. The van der Waals surface area contributed by atoms with Gasteiger partial charge in [0.05, 0.1) is 18.6 Å². The Morgan fingerprint density at radius 2 is 1.63 bits per heavy atom. The maximum Gasteiger partial charge on any atom is 0.573 e. The molecule has 2 aromatic carbocycles. The molecule has 0 fully saturated rings. The first-order chi connectivity index (χ1) is 13.9. The zero-order valence-corrected chi connectivity index (χ0v) is 15.0. The van der Waals surface area contributed by atoms with Crippen LogP contribution in [0.5, 0.6) is 5.75 Å². The van der Waals surface area contributed by atoms with E-state index < -0.39 is 54.0 Å². The molecule has 1 aliphatic rings. The highest BCUT2D eigenvalue weighted by molar-refractivity contribution is 6.05. The monoisotopic (exact) mass is 432 g/mol. The van der Waals surface area contributed by atoms with Gasteiger partial charge in [-0.1, -0.05) is 42.5 Å². The van der Waals surface area contributed by atoms with Crippen LogP contribution < -0.4 is 4.74 Å². The topological polar surface area (TPSA) is 62.1 Å². The molecule has 1 N–H and O–H groups in total. The van der Waals surface area contributed by atoms with Gasteiger partial charge in [0.25, 0.3) is 5.72 Å². The summed E-state index contributed by atoms with van der Waals surface area (Å²) in [5.41, 5.74) is -4.33. The average Bonchev–Trinajstić information content (AvgIpc) is 3.00. The molecule has 1 amide bonds. The molecule has 11 heteroatoms. The van der Waals surface area contributed by atoms with Crippen molar-refractivity contribution in [2.45, 2.75) is 31.1 Å². The molecule has 0 saturated heterocycles. The van der Waals surface area contributed by atoms with Crippen LogP contribution in [0.4, 0.5) is 26.3 Å². The number of para-hydroxylation sites is 1. The fourth-order valence-electron chi connectivity index (χ4n) is 2.94. The van der Waals surface area contributed by atoms with Crippen molar-refractivity contribution in [1.29, 1.82) is 0 Å². The van der Waals surface area contributed by atoms with E-state index in [0.717, 1.165) is 12.1 Å². The lowest BCUT2D eigenvalue weighted by Gasteiger charge is -2.32. The van der Waals surface area contributed by atoms with E-state index in [1.807, 2.05) is 0 Å². The van der Waals surface area contributed by atoms with Gasteiger partial charge in [-0.25, -0.2) is 0 Å². The predicted octanol–water partition coefficient (Wildman–Crippen LogP) is 4.02. The SMILES string of the molecule is O=C(Cc1ccccc1)N1N=C(c2ccccc2OC(F)(F)F)CC1(O)C(F)(F)F. The molecule has 1 aliphatic heterocycles. The number of amides is 1. The van der Waals surface area contributed by atoms with Crippen LogP contribution in [0, 0.1) is 0 Å². The number of hydrogen-bond acceptors (Lipinski definition) is 4. The molecule has 2 aromatic rings. The van der Waals surface area contributed by atoms with Crippen molar-refractivity contribution >= 4 is 11.6 Å². The number of alkyl halides is 6. The Kier molecular flexibility index (Phi) is 5.50. The summed E-state index contributed by atoms with van der Waals surface area (Å²) in [6, 6.07) is 12.2. The fourth-order valence-corrected chi connectivity index (χ4v) is 2.94. The molecule has 0 saturated carbocycles. The molecule has 0 spiro atoms. The largest absolute Gasteiger partial charge is 0.573 e. The van der Waals surface area contributed by atoms with Crippen LogP contribution >= 0.6 is 0 Å². The van der Waals surface area contributed by atoms with Crippen molar-refractivity contribution in [3.8, 4) is 5.75 Å². The Balaban J connectivity index is 2.00. The molecule has 1 heterocycles. The highest BCUT2D eigenvalue weighted by Gasteiger charge is 2.63. The first-order valence-electron chi connectivity index (χ1n) is 8.49. The number of carbonyl (C=O) groups is 1. The second-order valence-electron chi connectivity index (χ2n) is 6.45. The Morgan fingerprint density at radius 1 is 1.03 bits per heavy atom. The number of benzene rings is 2. The second-order valence-corrected chi connectivity index (χ2v) is 6.45. The predicted molar refractivity (Wildman–Crippen MR) is 92.3 cm³/mol. The third-order valence-electron chi connectivity index (χ3n) is 4.30. The quantitative estimate of drug-likeness (QED) is 0.743. The summed E-state index contributed by atoms with van der Waals surface area (Å²) in [6.07, 6.45) is -12.2. The van der Waals surface area contributed by atoms with E-state index in [1.54, 1.807) is 18.2 Å². The zero-order chi connectivity index (χ0) is 22.2. The fraction of sp³-hybridized carbons (Fsp3) is 0.263. The lowest BCUT2D eigenvalue weighted by Crippen LogP contribution is -2.57.